The number of nitrogens with zero attached hydrogens (tertiary/aromatic N) is 4. The van der Waals surface area contributed by atoms with Gasteiger partial charge in [-0.15, -0.1) is 12.4 Å². The van der Waals surface area contributed by atoms with Crippen LogP contribution in [0.15, 0.2) is 72.8 Å². The minimum absolute atomic E-state index is 0. The van der Waals surface area contributed by atoms with Crippen molar-refractivity contribution in [3.8, 4) is 0 Å². The van der Waals surface area contributed by atoms with Crippen LogP contribution < -0.4 is 31.9 Å². The van der Waals surface area contributed by atoms with Crippen LogP contribution in [0, 0.1) is 0 Å². The van der Waals surface area contributed by atoms with E-state index in [0.717, 1.165) is 103 Å². The summed E-state index contributed by atoms with van der Waals surface area (Å²) in [5.41, 5.74) is 7.10. The summed E-state index contributed by atoms with van der Waals surface area (Å²) in [5, 5.41) is 31.2. The number of rotatable bonds is 4. The molecule has 2 aromatic carbocycles. The lowest BCUT2D eigenvalue weighted by molar-refractivity contribution is 0.546. The first-order chi connectivity index (χ1) is 20.8. The van der Waals surface area contributed by atoms with Crippen molar-refractivity contribution >= 4 is 12.4 Å². The Kier molecular flexibility index (Phi) is 14.2. The van der Waals surface area contributed by atoms with Gasteiger partial charge in [-0.3, -0.25) is 9.36 Å². The molecular weight excluding hydrogens is 560 g/mol. The minimum atomic E-state index is 0. The predicted octanol–water partition coefficient (Wildman–Crippen LogP) is 1.85. The highest BCUT2D eigenvalue weighted by molar-refractivity contribution is 5.85. The van der Waals surface area contributed by atoms with Crippen LogP contribution in [-0.2, 0) is 39.3 Å². The third-order valence-electron chi connectivity index (χ3n) is 7.32. The van der Waals surface area contributed by atoms with Gasteiger partial charge in [0.25, 0.3) is 0 Å². The Labute approximate surface area is 261 Å². The van der Waals surface area contributed by atoms with Crippen molar-refractivity contribution in [3.05, 3.63) is 107 Å². The van der Waals surface area contributed by atoms with Gasteiger partial charge in [0.1, 0.15) is 0 Å². The number of fused-ring (bicyclic) bond motifs is 4. The second-order valence-corrected chi connectivity index (χ2v) is 10.7. The monoisotopic (exact) mass is 606 g/mol. The fraction of sp³-hybridized carbons (Fsp3) is 0.438. The summed E-state index contributed by atoms with van der Waals surface area (Å²) in [6.07, 6.45) is 0. The van der Waals surface area contributed by atoms with Gasteiger partial charge in [-0.1, -0.05) is 60.7 Å². The van der Waals surface area contributed by atoms with Crippen LogP contribution >= 0.6 is 12.4 Å². The van der Waals surface area contributed by atoms with Gasteiger partial charge < -0.3 is 31.9 Å². The molecule has 4 bridgehead atoms. The summed E-state index contributed by atoms with van der Waals surface area (Å²) < 4.78 is 4.27. The first-order valence-corrected chi connectivity index (χ1v) is 15.3. The van der Waals surface area contributed by atoms with E-state index in [9.17, 15) is 0 Å². The molecule has 0 aliphatic carbocycles. The lowest BCUT2D eigenvalue weighted by Gasteiger charge is -2.10. The molecule has 4 aromatic rings. The zero-order valence-electron chi connectivity index (χ0n) is 25.0. The zero-order valence-corrected chi connectivity index (χ0v) is 25.8. The average molecular weight is 607 g/mol. The topological polar surface area (TPSA) is 108 Å². The maximum absolute atomic E-state index is 4.92. The van der Waals surface area contributed by atoms with Crippen molar-refractivity contribution in [2.45, 2.75) is 39.3 Å². The minimum Gasteiger partial charge on any atom is -0.314 e. The molecule has 11 heteroatoms. The molecule has 0 spiro atoms. The Morgan fingerprint density at radius 3 is 1.21 bits per heavy atom. The molecule has 232 valence electrons. The molecule has 43 heavy (non-hydrogen) atoms. The van der Waals surface area contributed by atoms with Crippen LogP contribution in [0.4, 0.5) is 0 Å². The Morgan fingerprint density at radius 2 is 0.814 bits per heavy atom. The number of aromatic nitrogens is 4. The van der Waals surface area contributed by atoms with E-state index in [2.05, 4.69) is 114 Å². The summed E-state index contributed by atoms with van der Waals surface area (Å²) in [6.45, 7) is 11.9. The molecule has 1 aliphatic heterocycles. The first kappa shape index (κ1) is 32.8. The molecule has 0 amide bonds. The summed E-state index contributed by atoms with van der Waals surface area (Å²) in [5.74, 6) is 0. The fourth-order valence-corrected chi connectivity index (χ4v) is 5.10. The van der Waals surface area contributed by atoms with E-state index in [-0.39, 0.29) is 12.4 Å². The van der Waals surface area contributed by atoms with E-state index in [1.807, 2.05) is 0 Å². The van der Waals surface area contributed by atoms with E-state index in [1.165, 1.54) is 22.5 Å². The number of halogens is 1. The van der Waals surface area contributed by atoms with Crippen molar-refractivity contribution in [1.29, 1.82) is 0 Å². The Balaban J connectivity index is 0.00000423. The van der Waals surface area contributed by atoms with E-state index in [0.29, 0.717) is 0 Å². The molecule has 5 rings (SSSR count). The highest BCUT2D eigenvalue weighted by Crippen LogP contribution is 2.10. The maximum Gasteiger partial charge on any atom is 0.0766 e. The van der Waals surface area contributed by atoms with Gasteiger partial charge in [-0.25, -0.2) is 0 Å². The summed E-state index contributed by atoms with van der Waals surface area (Å²) >= 11 is 0. The highest BCUT2D eigenvalue weighted by Gasteiger charge is 2.10. The van der Waals surface area contributed by atoms with Gasteiger partial charge in [0.05, 0.1) is 35.9 Å². The van der Waals surface area contributed by atoms with Gasteiger partial charge >= 0.3 is 0 Å². The van der Waals surface area contributed by atoms with Crippen molar-refractivity contribution in [1.82, 2.24) is 51.5 Å². The molecule has 0 saturated heterocycles. The molecule has 10 nitrogen and oxygen atoms in total. The number of hydrogen-bond donors (Lipinski definition) is 6. The average Bonchev–Trinajstić information content (AvgIpc) is 3.58. The Morgan fingerprint density at radius 1 is 0.465 bits per heavy atom. The standard InChI is InChI=1S/C32H46N10.ClH/c1-3-7-27(8-4-1)25-41-31-19-29(39-41)21-35-15-11-34-14-18-38-24-32-20-30(22-36-16-12-33-13-17-37-23-31)40-42(32)26-28-9-5-2-6-10-28;/h1-10,19-20,33-38H,11-18,21-26H2;1H. The van der Waals surface area contributed by atoms with Crippen molar-refractivity contribution in [3.63, 3.8) is 0 Å². The van der Waals surface area contributed by atoms with Crippen molar-refractivity contribution < 1.29 is 0 Å². The van der Waals surface area contributed by atoms with Crippen LogP contribution in [0.1, 0.15) is 33.9 Å². The molecule has 0 saturated carbocycles. The Hall–Kier alpha value is -3.09. The molecule has 3 heterocycles. The predicted molar refractivity (Wildman–Crippen MR) is 175 cm³/mol. The zero-order chi connectivity index (χ0) is 28.7. The molecule has 6 N–H and O–H groups in total. The van der Waals surface area contributed by atoms with Crippen LogP contribution in [0.2, 0.25) is 0 Å². The molecule has 0 radical (unpaired) electrons. The first-order valence-electron chi connectivity index (χ1n) is 15.3. The van der Waals surface area contributed by atoms with E-state index >= 15 is 0 Å². The lowest BCUT2D eigenvalue weighted by atomic mass is 10.2. The summed E-state index contributed by atoms with van der Waals surface area (Å²) in [6, 6.07) is 25.5. The smallest absolute Gasteiger partial charge is 0.0766 e. The number of hydrogen-bond acceptors (Lipinski definition) is 8. The van der Waals surface area contributed by atoms with E-state index < -0.39 is 0 Å². The SMILES string of the molecule is Cl.c1ccc(Cn2nc3cc2CNCCNCCNCc2cc(n(Cc4ccccc4)n2)CNCCNCCNC3)cc1. The van der Waals surface area contributed by atoms with Crippen LogP contribution in [0.3, 0.4) is 0 Å². The molecule has 0 fully saturated rings. The molecule has 1 aliphatic rings. The summed E-state index contributed by atoms with van der Waals surface area (Å²) in [7, 11) is 0. The van der Waals surface area contributed by atoms with Gasteiger partial charge in [0, 0.05) is 78.5 Å². The van der Waals surface area contributed by atoms with E-state index in [1.54, 1.807) is 0 Å². The fourth-order valence-electron chi connectivity index (χ4n) is 5.10. The van der Waals surface area contributed by atoms with E-state index in [4.69, 9.17) is 10.2 Å². The van der Waals surface area contributed by atoms with Gasteiger partial charge in [-0.2, -0.15) is 10.2 Å². The number of nitrogens with one attached hydrogen (secondary N) is 6. The van der Waals surface area contributed by atoms with Crippen LogP contribution in [0.5, 0.6) is 0 Å². The lowest BCUT2D eigenvalue weighted by Crippen LogP contribution is -2.32. The van der Waals surface area contributed by atoms with Gasteiger partial charge in [-0.05, 0) is 23.3 Å². The van der Waals surface area contributed by atoms with Crippen LogP contribution in [0.25, 0.3) is 0 Å². The third-order valence-corrected chi connectivity index (χ3v) is 7.32. The second kappa shape index (κ2) is 18.5. The summed E-state index contributed by atoms with van der Waals surface area (Å²) in [4.78, 5) is 0. The quantitative estimate of drug-likeness (QED) is 0.209. The third kappa shape index (κ3) is 11.2. The largest absolute Gasteiger partial charge is 0.314 e. The van der Waals surface area contributed by atoms with Gasteiger partial charge in [0.15, 0.2) is 0 Å². The van der Waals surface area contributed by atoms with Gasteiger partial charge in [0.2, 0.25) is 0 Å². The molecule has 0 atom stereocenters. The highest BCUT2D eigenvalue weighted by atomic mass is 35.5. The van der Waals surface area contributed by atoms with Crippen LogP contribution in [-0.4, -0.2) is 71.9 Å². The maximum atomic E-state index is 4.92. The molecular formula is C32H47ClN10. The Bertz CT molecular complexity index is 1210. The van der Waals surface area contributed by atoms with Crippen molar-refractivity contribution in [2.75, 3.05) is 52.4 Å². The number of benzene rings is 2. The normalized spacial score (nSPS) is 16.6. The van der Waals surface area contributed by atoms with Crippen molar-refractivity contribution in [2.24, 2.45) is 0 Å². The molecule has 0 unspecified atom stereocenters. The molecule has 2 aromatic heterocycles. The second-order valence-electron chi connectivity index (χ2n) is 10.7.